The van der Waals surface area contributed by atoms with Gasteiger partial charge in [0.2, 0.25) is 5.60 Å². The molecule has 32 heavy (non-hydrogen) atoms. The summed E-state index contributed by atoms with van der Waals surface area (Å²) in [7, 11) is 0. The normalized spacial score (nSPS) is 14.3. The summed E-state index contributed by atoms with van der Waals surface area (Å²) in [6.45, 7) is 8.09. The second-order valence-electron chi connectivity index (χ2n) is 9.03. The molecule has 3 rings (SSSR count). The fourth-order valence-electron chi connectivity index (χ4n) is 3.29. The Morgan fingerprint density at radius 1 is 0.844 bits per heavy atom. The topological polar surface area (TPSA) is 76.0 Å². The zero-order chi connectivity index (χ0) is 23.4. The summed E-state index contributed by atoms with van der Waals surface area (Å²) in [6.07, 6.45) is -1.38. The maximum Gasteiger partial charge on any atom is 0.350 e. The number of aliphatic hydroxyl groups excluding tert-OH is 1. The molecule has 0 saturated heterocycles. The summed E-state index contributed by atoms with van der Waals surface area (Å²) in [6, 6.07) is 23.8. The van der Waals surface area contributed by atoms with Crippen LogP contribution in [0.5, 0.6) is 11.5 Å². The first-order valence-corrected chi connectivity index (χ1v) is 10.6. The molecule has 0 aliphatic carbocycles. The molecule has 0 heterocycles. The third-order valence-electron chi connectivity index (χ3n) is 5.44. The van der Waals surface area contributed by atoms with Gasteiger partial charge in [-0.25, -0.2) is 4.79 Å². The average Bonchev–Trinajstić information content (AvgIpc) is 2.78. The van der Waals surface area contributed by atoms with Gasteiger partial charge in [-0.3, -0.25) is 0 Å². The molecular formula is C27H30O5. The Morgan fingerprint density at radius 2 is 1.41 bits per heavy atom. The number of carbonyl (C=O) groups is 1. The highest BCUT2D eigenvalue weighted by Gasteiger charge is 2.44. The molecule has 0 saturated carbocycles. The van der Waals surface area contributed by atoms with Crippen LogP contribution in [0.25, 0.3) is 0 Å². The Hall–Kier alpha value is -3.31. The number of aliphatic carboxylic acids is 1. The molecule has 3 aromatic rings. The summed E-state index contributed by atoms with van der Waals surface area (Å²) in [4.78, 5) is 12.1. The Balaban J connectivity index is 1.73. The standard InChI is InChI=1S/C27H30O5/c1-26(2,3)21-12-16-23(17-13-21)32-27(4,25(29)30)24(28)20-10-14-22(15-11-20)31-18-19-8-6-5-7-9-19/h5-17,24,28H,18H2,1-4H3,(H,29,30). The van der Waals surface area contributed by atoms with E-state index in [0.29, 0.717) is 23.7 Å². The van der Waals surface area contributed by atoms with Crippen molar-refractivity contribution in [2.24, 2.45) is 0 Å². The van der Waals surface area contributed by atoms with E-state index >= 15 is 0 Å². The van der Waals surface area contributed by atoms with Gasteiger partial charge < -0.3 is 19.7 Å². The zero-order valence-electron chi connectivity index (χ0n) is 18.9. The first-order chi connectivity index (χ1) is 15.1. The maximum atomic E-state index is 12.1. The molecule has 2 N–H and O–H groups in total. The van der Waals surface area contributed by atoms with Gasteiger partial charge in [-0.05, 0) is 53.3 Å². The van der Waals surface area contributed by atoms with Gasteiger partial charge in [0.25, 0.3) is 0 Å². The molecule has 0 aliphatic heterocycles. The molecule has 0 radical (unpaired) electrons. The molecule has 168 valence electrons. The SMILES string of the molecule is CC(C)(C)c1ccc(OC(C)(C(=O)O)C(O)c2ccc(OCc3ccccc3)cc2)cc1. The third kappa shape index (κ3) is 5.48. The van der Waals surface area contributed by atoms with Gasteiger partial charge in [0.05, 0.1) is 0 Å². The minimum atomic E-state index is -1.87. The summed E-state index contributed by atoms with van der Waals surface area (Å²) in [5.41, 5.74) is 0.677. The van der Waals surface area contributed by atoms with Crippen molar-refractivity contribution in [3.63, 3.8) is 0 Å². The molecule has 5 heteroatoms. The number of benzene rings is 3. The smallest absolute Gasteiger partial charge is 0.350 e. The van der Waals surface area contributed by atoms with Crippen molar-refractivity contribution in [3.8, 4) is 11.5 Å². The fraction of sp³-hybridized carbons (Fsp3) is 0.296. The Bertz CT molecular complexity index is 1020. The monoisotopic (exact) mass is 434 g/mol. The van der Waals surface area contributed by atoms with Gasteiger partial charge in [-0.15, -0.1) is 0 Å². The molecular weight excluding hydrogens is 404 g/mol. The van der Waals surface area contributed by atoms with Crippen molar-refractivity contribution in [2.75, 3.05) is 0 Å². The van der Waals surface area contributed by atoms with Crippen LogP contribution in [0.2, 0.25) is 0 Å². The lowest BCUT2D eigenvalue weighted by atomic mass is 9.87. The van der Waals surface area contributed by atoms with Gasteiger partial charge in [-0.1, -0.05) is 75.4 Å². The van der Waals surface area contributed by atoms with E-state index in [-0.39, 0.29) is 5.41 Å². The van der Waals surface area contributed by atoms with Crippen LogP contribution in [-0.4, -0.2) is 21.8 Å². The molecule has 0 amide bonds. The summed E-state index contributed by atoms with van der Waals surface area (Å²) in [5, 5.41) is 20.8. The lowest BCUT2D eigenvalue weighted by Gasteiger charge is -2.31. The number of carboxylic acids is 1. The number of carboxylic acid groups (broad SMARTS) is 1. The number of rotatable bonds is 8. The van der Waals surface area contributed by atoms with E-state index in [9.17, 15) is 15.0 Å². The number of hydrogen-bond donors (Lipinski definition) is 2. The van der Waals surface area contributed by atoms with E-state index in [1.165, 1.54) is 6.92 Å². The predicted molar refractivity (Wildman–Crippen MR) is 124 cm³/mol. The van der Waals surface area contributed by atoms with Crippen LogP contribution in [0, 0.1) is 0 Å². The molecule has 0 fully saturated rings. The summed E-state index contributed by atoms with van der Waals surface area (Å²) < 4.78 is 11.6. The highest BCUT2D eigenvalue weighted by Crippen LogP contribution is 2.33. The van der Waals surface area contributed by atoms with Crippen LogP contribution >= 0.6 is 0 Å². The van der Waals surface area contributed by atoms with Gasteiger partial charge >= 0.3 is 5.97 Å². The minimum absolute atomic E-state index is 0.0293. The molecule has 5 nitrogen and oxygen atoms in total. The molecule has 3 aromatic carbocycles. The van der Waals surface area contributed by atoms with E-state index in [2.05, 4.69) is 20.8 Å². The van der Waals surface area contributed by atoms with Crippen molar-refractivity contribution in [2.45, 2.75) is 51.4 Å². The van der Waals surface area contributed by atoms with Crippen LogP contribution < -0.4 is 9.47 Å². The fourth-order valence-corrected chi connectivity index (χ4v) is 3.29. The average molecular weight is 435 g/mol. The lowest BCUT2D eigenvalue weighted by Crippen LogP contribution is -2.47. The van der Waals surface area contributed by atoms with Crippen LogP contribution in [-0.2, 0) is 16.8 Å². The van der Waals surface area contributed by atoms with Crippen molar-refractivity contribution in [1.29, 1.82) is 0 Å². The van der Waals surface area contributed by atoms with E-state index < -0.39 is 17.7 Å². The van der Waals surface area contributed by atoms with E-state index in [1.807, 2.05) is 42.5 Å². The number of aliphatic hydroxyl groups is 1. The highest BCUT2D eigenvalue weighted by molar-refractivity contribution is 5.78. The second kappa shape index (κ2) is 9.45. The molecule has 2 atom stereocenters. The Kier molecular flexibility index (Phi) is 6.90. The quantitative estimate of drug-likeness (QED) is 0.488. The largest absolute Gasteiger partial charge is 0.489 e. The van der Waals surface area contributed by atoms with Crippen LogP contribution in [0.4, 0.5) is 0 Å². The molecule has 0 spiro atoms. The van der Waals surface area contributed by atoms with Gasteiger partial charge in [-0.2, -0.15) is 0 Å². The van der Waals surface area contributed by atoms with Crippen LogP contribution in [0.3, 0.4) is 0 Å². The van der Waals surface area contributed by atoms with E-state index in [1.54, 1.807) is 36.4 Å². The number of hydrogen-bond acceptors (Lipinski definition) is 4. The highest BCUT2D eigenvalue weighted by atomic mass is 16.5. The van der Waals surface area contributed by atoms with Gasteiger partial charge in [0.1, 0.15) is 24.2 Å². The van der Waals surface area contributed by atoms with Crippen molar-refractivity contribution >= 4 is 5.97 Å². The van der Waals surface area contributed by atoms with Crippen molar-refractivity contribution in [1.82, 2.24) is 0 Å². The second-order valence-corrected chi connectivity index (χ2v) is 9.03. The molecule has 0 aliphatic rings. The lowest BCUT2D eigenvalue weighted by molar-refractivity contribution is -0.164. The Labute approximate surface area is 189 Å². The number of ether oxygens (including phenoxy) is 2. The minimum Gasteiger partial charge on any atom is -0.489 e. The summed E-state index contributed by atoms with van der Waals surface area (Å²) in [5.74, 6) is -0.250. The maximum absolute atomic E-state index is 12.1. The van der Waals surface area contributed by atoms with Gasteiger partial charge in [0.15, 0.2) is 0 Å². The molecule has 2 unspecified atom stereocenters. The van der Waals surface area contributed by atoms with E-state index in [0.717, 1.165) is 11.1 Å². The Morgan fingerprint density at radius 3 is 1.94 bits per heavy atom. The van der Waals surface area contributed by atoms with Crippen LogP contribution in [0.15, 0.2) is 78.9 Å². The van der Waals surface area contributed by atoms with Crippen molar-refractivity contribution in [3.05, 3.63) is 95.6 Å². The molecule has 0 bridgehead atoms. The van der Waals surface area contributed by atoms with Crippen molar-refractivity contribution < 1.29 is 24.5 Å². The molecule has 0 aromatic heterocycles. The predicted octanol–water partition coefficient (Wildman–Crippen LogP) is 5.52. The first kappa shape index (κ1) is 23.4. The summed E-state index contributed by atoms with van der Waals surface area (Å²) >= 11 is 0. The third-order valence-corrected chi connectivity index (χ3v) is 5.44. The van der Waals surface area contributed by atoms with Gasteiger partial charge in [0, 0.05) is 0 Å². The zero-order valence-corrected chi connectivity index (χ0v) is 18.9. The van der Waals surface area contributed by atoms with E-state index in [4.69, 9.17) is 9.47 Å². The van der Waals surface area contributed by atoms with Crippen LogP contribution in [0.1, 0.15) is 50.5 Å². The first-order valence-electron chi connectivity index (χ1n) is 10.6.